The Morgan fingerprint density at radius 3 is 2.70 bits per heavy atom. The number of carbonyl (C=O) groups is 1. The Morgan fingerprint density at radius 2 is 2.00 bits per heavy atom. The lowest BCUT2D eigenvalue weighted by Gasteiger charge is -2.31. The molecule has 2 aliphatic rings. The first-order valence-electron chi connectivity index (χ1n) is 8.67. The van der Waals surface area contributed by atoms with E-state index in [1.165, 1.54) is 25.9 Å². The zero-order chi connectivity index (χ0) is 15.9. The van der Waals surface area contributed by atoms with Gasteiger partial charge in [-0.2, -0.15) is 11.8 Å². The first-order valence-corrected chi connectivity index (χ1v) is 9.82. The molecule has 23 heavy (non-hydrogen) atoms. The molecule has 3 rings (SSSR count). The van der Waals surface area contributed by atoms with Crippen LogP contribution in [0.1, 0.15) is 37.3 Å². The molecule has 0 N–H and O–H groups in total. The first kappa shape index (κ1) is 16.7. The molecule has 3 heterocycles. The van der Waals surface area contributed by atoms with Crippen LogP contribution in [0.15, 0.2) is 18.6 Å². The van der Waals surface area contributed by atoms with Gasteiger partial charge in [-0.1, -0.05) is 0 Å². The Bertz CT molecular complexity index is 485. The molecule has 0 bridgehead atoms. The summed E-state index contributed by atoms with van der Waals surface area (Å²) in [5.41, 5.74) is 1.12. The predicted octanol–water partition coefficient (Wildman–Crippen LogP) is 2.01. The summed E-state index contributed by atoms with van der Waals surface area (Å²) in [5, 5.41) is 0. The van der Waals surface area contributed by atoms with E-state index in [9.17, 15) is 4.79 Å². The van der Waals surface area contributed by atoms with Gasteiger partial charge in [0.05, 0.1) is 5.75 Å². The topological polar surface area (TPSA) is 49.3 Å². The van der Waals surface area contributed by atoms with Gasteiger partial charge in [0.1, 0.15) is 6.33 Å². The SMILES string of the molecule is O=C(CSCCN1CCCC1)N1CCC(c2ccncn2)CC1. The van der Waals surface area contributed by atoms with Crippen molar-refractivity contribution in [3.05, 3.63) is 24.3 Å². The fourth-order valence-electron chi connectivity index (χ4n) is 3.42. The smallest absolute Gasteiger partial charge is 0.232 e. The van der Waals surface area contributed by atoms with Crippen molar-refractivity contribution in [2.45, 2.75) is 31.6 Å². The van der Waals surface area contributed by atoms with E-state index in [2.05, 4.69) is 14.9 Å². The number of piperidine rings is 1. The molecule has 0 atom stereocenters. The van der Waals surface area contributed by atoms with Crippen molar-refractivity contribution in [2.75, 3.05) is 44.2 Å². The minimum atomic E-state index is 0.303. The summed E-state index contributed by atoms with van der Waals surface area (Å²) in [6.07, 6.45) is 8.12. The van der Waals surface area contributed by atoms with E-state index in [-0.39, 0.29) is 0 Å². The third-order valence-electron chi connectivity index (χ3n) is 4.85. The fourth-order valence-corrected chi connectivity index (χ4v) is 4.31. The molecule has 0 aromatic carbocycles. The van der Waals surface area contributed by atoms with Crippen LogP contribution in [0.25, 0.3) is 0 Å². The molecule has 0 radical (unpaired) electrons. The molecule has 6 heteroatoms. The Labute approximate surface area is 142 Å². The number of likely N-dealkylation sites (tertiary alicyclic amines) is 2. The second kappa shape index (κ2) is 8.64. The van der Waals surface area contributed by atoms with Gasteiger partial charge in [-0.25, -0.2) is 9.97 Å². The number of nitrogens with zero attached hydrogens (tertiary/aromatic N) is 4. The molecule has 1 amide bonds. The number of hydrogen-bond acceptors (Lipinski definition) is 5. The van der Waals surface area contributed by atoms with Gasteiger partial charge in [0.2, 0.25) is 5.91 Å². The fraction of sp³-hybridized carbons (Fsp3) is 0.706. The van der Waals surface area contributed by atoms with E-state index in [1.807, 2.05) is 11.0 Å². The quantitative estimate of drug-likeness (QED) is 0.745. The van der Waals surface area contributed by atoms with E-state index in [0.717, 1.165) is 43.9 Å². The summed E-state index contributed by atoms with van der Waals surface area (Å²) < 4.78 is 0. The predicted molar refractivity (Wildman–Crippen MR) is 93.6 cm³/mol. The van der Waals surface area contributed by atoms with E-state index in [1.54, 1.807) is 24.3 Å². The number of aromatic nitrogens is 2. The Hall–Kier alpha value is -1.14. The third-order valence-corrected chi connectivity index (χ3v) is 5.77. The monoisotopic (exact) mass is 334 g/mol. The van der Waals surface area contributed by atoms with Crippen LogP contribution in [0.2, 0.25) is 0 Å². The highest BCUT2D eigenvalue weighted by Crippen LogP contribution is 2.26. The molecule has 0 spiro atoms. The van der Waals surface area contributed by atoms with Crippen molar-refractivity contribution in [3.8, 4) is 0 Å². The lowest BCUT2D eigenvalue weighted by atomic mass is 9.93. The molecular weight excluding hydrogens is 308 g/mol. The van der Waals surface area contributed by atoms with E-state index in [4.69, 9.17) is 0 Å². The molecular formula is C17H26N4OS. The van der Waals surface area contributed by atoms with Gasteiger partial charge >= 0.3 is 0 Å². The van der Waals surface area contributed by atoms with Crippen LogP contribution in [-0.2, 0) is 4.79 Å². The third kappa shape index (κ3) is 4.91. The van der Waals surface area contributed by atoms with Crippen molar-refractivity contribution < 1.29 is 4.79 Å². The van der Waals surface area contributed by atoms with Crippen LogP contribution in [-0.4, -0.2) is 69.9 Å². The van der Waals surface area contributed by atoms with Crippen molar-refractivity contribution in [1.29, 1.82) is 0 Å². The maximum atomic E-state index is 12.3. The van der Waals surface area contributed by atoms with Crippen molar-refractivity contribution >= 4 is 17.7 Å². The van der Waals surface area contributed by atoms with Crippen LogP contribution >= 0.6 is 11.8 Å². The number of rotatable bonds is 6. The van der Waals surface area contributed by atoms with Crippen molar-refractivity contribution in [1.82, 2.24) is 19.8 Å². The summed E-state index contributed by atoms with van der Waals surface area (Å²) in [5.74, 6) is 2.48. The Morgan fingerprint density at radius 1 is 1.22 bits per heavy atom. The normalized spacial score (nSPS) is 20.1. The van der Waals surface area contributed by atoms with Gasteiger partial charge in [0, 0.05) is 43.2 Å². The van der Waals surface area contributed by atoms with Crippen LogP contribution < -0.4 is 0 Å². The lowest BCUT2D eigenvalue weighted by Crippen LogP contribution is -2.39. The summed E-state index contributed by atoms with van der Waals surface area (Å²) in [7, 11) is 0. The van der Waals surface area contributed by atoms with Gasteiger partial charge in [0.15, 0.2) is 0 Å². The molecule has 126 valence electrons. The Kier molecular flexibility index (Phi) is 6.28. The largest absolute Gasteiger partial charge is 0.342 e. The molecule has 2 aliphatic heterocycles. The van der Waals surface area contributed by atoms with Crippen LogP contribution in [0.5, 0.6) is 0 Å². The standard InChI is InChI=1S/C17H26N4OS/c22-17(13-23-12-11-20-7-1-2-8-20)21-9-4-15(5-10-21)16-3-6-18-14-19-16/h3,6,14-15H,1-2,4-5,7-13H2. The second-order valence-electron chi connectivity index (χ2n) is 6.39. The summed E-state index contributed by atoms with van der Waals surface area (Å²) in [6, 6.07) is 2.00. The Balaban J connectivity index is 1.33. The summed E-state index contributed by atoms with van der Waals surface area (Å²) in [4.78, 5) is 25.2. The van der Waals surface area contributed by atoms with Crippen molar-refractivity contribution in [3.63, 3.8) is 0 Å². The van der Waals surface area contributed by atoms with Crippen LogP contribution in [0, 0.1) is 0 Å². The molecule has 1 aromatic heterocycles. The zero-order valence-corrected chi connectivity index (χ0v) is 14.5. The molecule has 0 saturated carbocycles. The second-order valence-corrected chi connectivity index (χ2v) is 7.50. The molecule has 1 aromatic rings. The van der Waals surface area contributed by atoms with Crippen LogP contribution in [0.3, 0.4) is 0 Å². The highest BCUT2D eigenvalue weighted by molar-refractivity contribution is 7.99. The maximum Gasteiger partial charge on any atom is 0.232 e. The van der Waals surface area contributed by atoms with Gasteiger partial charge < -0.3 is 9.80 Å². The van der Waals surface area contributed by atoms with Gasteiger partial charge in [0.25, 0.3) is 0 Å². The highest BCUT2D eigenvalue weighted by atomic mass is 32.2. The molecule has 0 aliphatic carbocycles. The minimum Gasteiger partial charge on any atom is -0.342 e. The number of carbonyl (C=O) groups excluding carboxylic acids is 1. The maximum absolute atomic E-state index is 12.3. The molecule has 5 nitrogen and oxygen atoms in total. The van der Waals surface area contributed by atoms with E-state index >= 15 is 0 Å². The van der Waals surface area contributed by atoms with Gasteiger partial charge in [-0.3, -0.25) is 4.79 Å². The van der Waals surface area contributed by atoms with Gasteiger partial charge in [-0.15, -0.1) is 0 Å². The summed E-state index contributed by atoms with van der Waals surface area (Å²) in [6.45, 7) is 5.34. The molecule has 0 unspecified atom stereocenters. The lowest BCUT2D eigenvalue weighted by molar-refractivity contribution is -0.129. The number of amides is 1. The average molecular weight is 334 g/mol. The van der Waals surface area contributed by atoms with Crippen LogP contribution in [0.4, 0.5) is 0 Å². The molecule has 2 saturated heterocycles. The highest BCUT2D eigenvalue weighted by Gasteiger charge is 2.24. The number of thioether (sulfide) groups is 1. The van der Waals surface area contributed by atoms with Gasteiger partial charge in [-0.05, 0) is 44.8 Å². The first-order chi connectivity index (χ1) is 11.3. The van der Waals surface area contributed by atoms with E-state index < -0.39 is 0 Å². The minimum absolute atomic E-state index is 0.303. The summed E-state index contributed by atoms with van der Waals surface area (Å²) >= 11 is 1.79. The van der Waals surface area contributed by atoms with Crippen molar-refractivity contribution in [2.24, 2.45) is 0 Å². The zero-order valence-electron chi connectivity index (χ0n) is 13.7. The number of hydrogen-bond donors (Lipinski definition) is 0. The molecule has 2 fully saturated rings. The van der Waals surface area contributed by atoms with E-state index in [0.29, 0.717) is 17.6 Å². The average Bonchev–Trinajstić information content (AvgIpc) is 3.13.